The zero-order valence-electron chi connectivity index (χ0n) is 27.9. The molecular formula is C38H38Cl4N4O4. The van der Waals surface area contributed by atoms with Crippen molar-refractivity contribution >= 4 is 58.1 Å². The van der Waals surface area contributed by atoms with E-state index < -0.39 is 0 Å². The van der Waals surface area contributed by atoms with Gasteiger partial charge in [0.25, 0.3) is 0 Å². The van der Waals surface area contributed by atoms with Gasteiger partial charge in [-0.15, -0.1) is 0 Å². The maximum atomic E-state index is 11.6. The van der Waals surface area contributed by atoms with Gasteiger partial charge in [0.15, 0.2) is 0 Å². The molecule has 6 rings (SSSR count). The van der Waals surface area contributed by atoms with E-state index >= 15 is 0 Å². The number of rotatable bonds is 13. The van der Waals surface area contributed by atoms with Crippen LogP contribution in [0.15, 0.2) is 48.5 Å². The maximum Gasteiger partial charge on any atom is 0.220 e. The van der Waals surface area contributed by atoms with E-state index in [4.69, 9.17) is 65.8 Å². The van der Waals surface area contributed by atoms with Gasteiger partial charge in [-0.1, -0.05) is 82.8 Å². The van der Waals surface area contributed by atoms with Crippen molar-refractivity contribution in [1.82, 2.24) is 20.6 Å². The number of nitrogens with one attached hydrogen (secondary N) is 2. The second kappa shape index (κ2) is 16.3. The largest absolute Gasteiger partial charge is 0.481 e. The molecule has 1 aliphatic carbocycles. The molecule has 2 N–H and O–H groups in total. The lowest BCUT2D eigenvalue weighted by atomic mass is 9.97. The number of ether oxygens (including phenoxy) is 2. The molecule has 262 valence electrons. The van der Waals surface area contributed by atoms with Crippen LogP contribution in [0, 0.1) is 5.92 Å². The van der Waals surface area contributed by atoms with E-state index in [0.717, 1.165) is 43.4 Å². The molecule has 3 heterocycles. The quantitative estimate of drug-likeness (QED) is 0.140. The first kappa shape index (κ1) is 36.4. The Balaban J connectivity index is 1.25. The predicted octanol–water partition coefficient (Wildman–Crippen LogP) is 9.17. The average molecular weight is 757 g/mol. The molecule has 2 aromatic carbocycles. The third-order valence-corrected chi connectivity index (χ3v) is 10.8. The molecule has 12 heteroatoms. The number of nitrogens with zero attached hydrogens (tertiary/aromatic N) is 2. The SMILES string of the molecule is COc1nc(-c2cccc(-c3cccc(-c4nc(OC)c(CNC[C@@H]5CCC(=O)C5)cc4Cl)c3Cl)c2Cl)c(Cl)cc1CCC[C@@H]1CCC(=O)N1. The van der Waals surface area contributed by atoms with Crippen molar-refractivity contribution in [3.05, 3.63) is 79.7 Å². The summed E-state index contributed by atoms with van der Waals surface area (Å²) in [7, 11) is 3.15. The molecule has 1 saturated carbocycles. The highest BCUT2D eigenvalue weighted by Crippen LogP contribution is 2.45. The Labute approximate surface area is 312 Å². The summed E-state index contributed by atoms with van der Waals surface area (Å²) < 4.78 is 11.3. The lowest BCUT2D eigenvalue weighted by Crippen LogP contribution is -2.25. The Bertz CT molecular complexity index is 1780. The standard InChI is InChI=1S/C38H38Cl4N4O4/c1-49-37-22(6-3-7-24-13-15-32(48)44-24)17-30(39)35(45-37)28-10-4-8-26(33(28)41)27-9-5-11-29(34(27)42)36-31(40)18-23(38(46-36)50-2)20-43-19-21-12-14-25(47)16-21/h4-5,8-11,17-18,21,24,43H,3,6-7,12-16,19-20H2,1-2H3,(H,44,48)/t21-,24-/m1/s1. The molecule has 1 aliphatic heterocycles. The van der Waals surface area contributed by atoms with Gasteiger partial charge >= 0.3 is 0 Å². The molecule has 1 amide bonds. The molecule has 8 nitrogen and oxygen atoms in total. The molecule has 50 heavy (non-hydrogen) atoms. The highest BCUT2D eigenvalue weighted by Gasteiger charge is 2.24. The van der Waals surface area contributed by atoms with E-state index in [1.54, 1.807) is 14.2 Å². The van der Waals surface area contributed by atoms with Crippen LogP contribution in [0.1, 0.15) is 56.1 Å². The molecule has 0 radical (unpaired) electrons. The van der Waals surface area contributed by atoms with E-state index in [1.165, 1.54) is 0 Å². The van der Waals surface area contributed by atoms with Crippen molar-refractivity contribution in [1.29, 1.82) is 0 Å². The topological polar surface area (TPSA) is 102 Å². The summed E-state index contributed by atoms with van der Waals surface area (Å²) in [6.07, 6.45) is 6.09. The molecule has 2 aromatic heterocycles. The fourth-order valence-corrected chi connectivity index (χ4v) is 8.00. The van der Waals surface area contributed by atoms with Gasteiger partial charge in [0.1, 0.15) is 5.78 Å². The van der Waals surface area contributed by atoms with Gasteiger partial charge in [-0.05, 0) is 56.7 Å². The number of carbonyl (C=O) groups excluding carboxylic acids is 2. The molecule has 2 aliphatic rings. The summed E-state index contributed by atoms with van der Waals surface area (Å²) in [4.78, 5) is 32.8. The summed E-state index contributed by atoms with van der Waals surface area (Å²) in [6, 6.07) is 15.2. The summed E-state index contributed by atoms with van der Waals surface area (Å²) >= 11 is 27.9. The summed E-state index contributed by atoms with van der Waals surface area (Å²) in [5, 5.41) is 8.16. The second-order valence-corrected chi connectivity index (χ2v) is 14.4. The Morgan fingerprint density at radius 3 is 1.92 bits per heavy atom. The zero-order chi connectivity index (χ0) is 35.4. The van der Waals surface area contributed by atoms with Crippen LogP contribution >= 0.6 is 46.4 Å². The first-order chi connectivity index (χ1) is 24.2. The second-order valence-electron chi connectivity index (χ2n) is 12.8. The number of amides is 1. The Morgan fingerprint density at radius 2 is 1.38 bits per heavy atom. The van der Waals surface area contributed by atoms with E-state index in [-0.39, 0.29) is 11.9 Å². The first-order valence-electron chi connectivity index (χ1n) is 16.7. The van der Waals surface area contributed by atoms with E-state index in [2.05, 4.69) is 10.6 Å². The van der Waals surface area contributed by atoms with Crippen LogP contribution in [0.2, 0.25) is 20.1 Å². The highest BCUT2D eigenvalue weighted by molar-refractivity contribution is 6.41. The van der Waals surface area contributed by atoms with Gasteiger partial charge in [-0.2, -0.15) is 0 Å². The van der Waals surface area contributed by atoms with Gasteiger partial charge in [0, 0.05) is 65.2 Å². The minimum atomic E-state index is 0.114. The van der Waals surface area contributed by atoms with Crippen LogP contribution in [0.3, 0.4) is 0 Å². The number of hydrogen-bond acceptors (Lipinski definition) is 7. The zero-order valence-corrected chi connectivity index (χ0v) is 30.9. The number of methoxy groups -OCH3 is 2. The van der Waals surface area contributed by atoms with Crippen molar-refractivity contribution in [2.75, 3.05) is 20.8 Å². The summed E-state index contributed by atoms with van der Waals surface area (Å²) in [5.41, 5.74) is 5.29. The molecule has 2 fully saturated rings. The lowest BCUT2D eigenvalue weighted by molar-refractivity contribution is -0.119. The Kier molecular flexibility index (Phi) is 11.9. The van der Waals surface area contributed by atoms with Gasteiger partial charge in [-0.25, -0.2) is 9.97 Å². The number of aromatic nitrogens is 2. The van der Waals surface area contributed by atoms with Gasteiger partial charge < -0.3 is 20.1 Å². The maximum absolute atomic E-state index is 11.6. The number of carbonyl (C=O) groups is 2. The third kappa shape index (κ3) is 8.05. The van der Waals surface area contributed by atoms with Crippen LogP contribution in [0.5, 0.6) is 11.8 Å². The van der Waals surface area contributed by atoms with Crippen LogP contribution < -0.4 is 20.1 Å². The van der Waals surface area contributed by atoms with Gasteiger partial charge in [-0.3, -0.25) is 9.59 Å². The lowest BCUT2D eigenvalue weighted by Gasteiger charge is -2.17. The average Bonchev–Trinajstić information content (AvgIpc) is 3.72. The van der Waals surface area contributed by atoms with Crippen molar-refractivity contribution < 1.29 is 19.1 Å². The number of aryl methyl sites for hydroxylation is 1. The number of ketones is 1. The normalized spacial score (nSPS) is 17.3. The number of pyridine rings is 2. The van der Waals surface area contributed by atoms with Crippen LogP contribution in [-0.4, -0.2) is 48.5 Å². The number of benzene rings is 2. The minimum Gasteiger partial charge on any atom is -0.481 e. The van der Waals surface area contributed by atoms with E-state index in [1.807, 2.05) is 48.5 Å². The van der Waals surface area contributed by atoms with Crippen molar-refractivity contribution in [3.63, 3.8) is 0 Å². The van der Waals surface area contributed by atoms with E-state index in [9.17, 15) is 9.59 Å². The van der Waals surface area contributed by atoms with Crippen LogP contribution in [0.25, 0.3) is 33.6 Å². The Hall–Kier alpha value is -3.40. The van der Waals surface area contributed by atoms with Crippen molar-refractivity contribution in [2.45, 2.75) is 64.0 Å². The Morgan fingerprint density at radius 1 is 0.800 bits per heavy atom. The van der Waals surface area contributed by atoms with E-state index in [0.29, 0.717) is 109 Å². The first-order valence-corrected chi connectivity index (χ1v) is 18.2. The molecule has 0 spiro atoms. The molecule has 1 saturated heterocycles. The number of halogens is 4. The van der Waals surface area contributed by atoms with Gasteiger partial charge in [0.05, 0.1) is 45.7 Å². The summed E-state index contributed by atoms with van der Waals surface area (Å²) in [5.74, 6) is 1.70. The molecule has 4 aromatic rings. The number of hydrogen-bond donors (Lipinski definition) is 2. The van der Waals surface area contributed by atoms with Crippen LogP contribution in [-0.2, 0) is 22.6 Å². The highest BCUT2D eigenvalue weighted by atomic mass is 35.5. The smallest absolute Gasteiger partial charge is 0.220 e. The molecule has 2 atom stereocenters. The fourth-order valence-electron chi connectivity index (χ4n) is 6.81. The third-order valence-electron chi connectivity index (χ3n) is 9.39. The van der Waals surface area contributed by atoms with Crippen molar-refractivity contribution in [2.24, 2.45) is 5.92 Å². The summed E-state index contributed by atoms with van der Waals surface area (Å²) in [6.45, 7) is 1.24. The molecule has 0 unspecified atom stereocenters. The monoisotopic (exact) mass is 754 g/mol. The molecule has 0 bridgehead atoms. The molecular weight excluding hydrogens is 718 g/mol. The number of Topliss-reactive ketones (excluding diaryl/α,β-unsaturated/α-hetero) is 1. The van der Waals surface area contributed by atoms with Crippen molar-refractivity contribution in [3.8, 4) is 45.4 Å². The van der Waals surface area contributed by atoms with Crippen LogP contribution in [0.4, 0.5) is 0 Å². The van der Waals surface area contributed by atoms with Gasteiger partial charge in [0.2, 0.25) is 17.7 Å². The predicted molar refractivity (Wildman–Crippen MR) is 200 cm³/mol. The minimum absolute atomic E-state index is 0.114. The fraction of sp³-hybridized carbons (Fsp3) is 0.368.